The summed E-state index contributed by atoms with van der Waals surface area (Å²) < 4.78 is 12.6. The highest BCUT2D eigenvalue weighted by atomic mass is 32.1. The van der Waals surface area contributed by atoms with Crippen LogP contribution in [-0.2, 0) is 17.9 Å². The van der Waals surface area contributed by atoms with Gasteiger partial charge in [-0.3, -0.25) is 19.1 Å². The van der Waals surface area contributed by atoms with Crippen molar-refractivity contribution in [3.05, 3.63) is 57.3 Å². The van der Waals surface area contributed by atoms with Gasteiger partial charge in [0.05, 0.1) is 23.1 Å². The Balaban J connectivity index is 1.29. The molecule has 0 aliphatic carbocycles. The van der Waals surface area contributed by atoms with Gasteiger partial charge in [-0.05, 0) is 43.3 Å². The van der Waals surface area contributed by atoms with Crippen molar-refractivity contribution in [2.75, 3.05) is 6.79 Å². The largest absolute Gasteiger partial charge is 0.454 e. The summed E-state index contributed by atoms with van der Waals surface area (Å²) in [4.78, 5) is 32.1. The predicted octanol–water partition coefficient (Wildman–Crippen LogP) is 3.06. The Kier molecular flexibility index (Phi) is 6.08. The Morgan fingerprint density at radius 3 is 2.83 bits per heavy atom. The number of hydrogen-bond acceptors (Lipinski definition) is 6. The molecular formula is C21H22N4O4S. The zero-order chi connectivity index (χ0) is 20.9. The number of nitrogens with zero attached hydrogens (tertiary/aromatic N) is 2. The van der Waals surface area contributed by atoms with E-state index >= 15 is 0 Å². The third-order valence-electron chi connectivity index (χ3n) is 4.95. The van der Waals surface area contributed by atoms with E-state index < -0.39 is 0 Å². The van der Waals surface area contributed by atoms with Crippen molar-refractivity contribution in [2.24, 2.45) is 0 Å². The molecule has 3 heterocycles. The molecule has 1 aliphatic heterocycles. The molecule has 2 aromatic heterocycles. The Morgan fingerprint density at radius 2 is 2.03 bits per heavy atom. The number of carbonyl (C=O) groups is 1. The van der Waals surface area contributed by atoms with Crippen molar-refractivity contribution < 1.29 is 14.3 Å². The van der Waals surface area contributed by atoms with E-state index in [1.165, 1.54) is 0 Å². The number of amides is 1. The van der Waals surface area contributed by atoms with Crippen LogP contribution in [-0.4, -0.2) is 27.2 Å². The van der Waals surface area contributed by atoms with E-state index in [-0.39, 0.29) is 18.3 Å². The SMILES string of the molecule is O=C(CCCCCn1c(=S)[nH]c2cc3c(cc2c1=O)OCO3)NCc1ccccn1. The Hall–Kier alpha value is -3.20. The molecule has 0 atom stereocenters. The first-order chi connectivity index (χ1) is 14.6. The molecule has 0 bridgehead atoms. The minimum atomic E-state index is -0.153. The molecule has 0 fully saturated rings. The molecule has 4 rings (SSSR count). The average molecular weight is 426 g/mol. The van der Waals surface area contributed by atoms with Crippen LogP contribution in [0.1, 0.15) is 31.4 Å². The highest BCUT2D eigenvalue weighted by molar-refractivity contribution is 7.71. The quantitative estimate of drug-likeness (QED) is 0.424. The van der Waals surface area contributed by atoms with Crippen LogP contribution in [0.5, 0.6) is 11.5 Å². The first-order valence-corrected chi connectivity index (χ1v) is 10.3. The van der Waals surface area contributed by atoms with Crippen molar-refractivity contribution in [1.29, 1.82) is 0 Å². The second-order valence-electron chi connectivity index (χ2n) is 7.05. The van der Waals surface area contributed by atoms with Gasteiger partial charge in [0, 0.05) is 25.2 Å². The molecule has 1 aromatic carbocycles. The lowest BCUT2D eigenvalue weighted by Crippen LogP contribution is -2.23. The summed E-state index contributed by atoms with van der Waals surface area (Å²) in [5, 5.41) is 3.38. The van der Waals surface area contributed by atoms with E-state index in [4.69, 9.17) is 21.7 Å². The number of aromatic amines is 1. The summed E-state index contributed by atoms with van der Waals surface area (Å²) >= 11 is 5.36. The summed E-state index contributed by atoms with van der Waals surface area (Å²) in [5.74, 6) is 1.16. The number of fused-ring (bicyclic) bond motifs is 2. The molecule has 8 nitrogen and oxygen atoms in total. The maximum absolute atomic E-state index is 12.9. The topological polar surface area (TPSA) is 98.2 Å². The Bertz CT molecular complexity index is 1170. The second-order valence-corrected chi connectivity index (χ2v) is 7.43. The number of nitrogens with one attached hydrogen (secondary N) is 2. The fraction of sp³-hybridized carbons (Fsp3) is 0.333. The van der Waals surface area contributed by atoms with Gasteiger partial charge in [0.15, 0.2) is 16.3 Å². The number of H-pyrrole nitrogens is 1. The molecule has 0 saturated heterocycles. The maximum Gasteiger partial charge on any atom is 0.262 e. The lowest BCUT2D eigenvalue weighted by molar-refractivity contribution is -0.121. The minimum Gasteiger partial charge on any atom is -0.454 e. The molecule has 2 N–H and O–H groups in total. The molecule has 9 heteroatoms. The summed E-state index contributed by atoms with van der Waals surface area (Å²) in [6.07, 6.45) is 4.45. The maximum atomic E-state index is 12.9. The van der Waals surface area contributed by atoms with Gasteiger partial charge in [0.2, 0.25) is 12.7 Å². The highest BCUT2D eigenvalue weighted by Crippen LogP contribution is 2.34. The molecule has 1 amide bonds. The summed E-state index contributed by atoms with van der Waals surface area (Å²) in [6, 6.07) is 9.03. The molecule has 0 spiro atoms. The lowest BCUT2D eigenvalue weighted by Gasteiger charge is -2.09. The molecule has 0 unspecified atom stereocenters. The number of hydrogen-bond donors (Lipinski definition) is 2. The van der Waals surface area contributed by atoms with E-state index in [9.17, 15) is 9.59 Å². The van der Waals surface area contributed by atoms with E-state index in [0.29, 0.717) is 46.7 Å². The number of aromatic nitrogens is 3. The van der Waals surface area contributed by atoms with Crippen LogP contribution in [0.15, 0.2) is 41.3 Å². The molecule has 156 valence electrons. The van der Waals surface area contributed by atoms with Crippen LogP contribution in [0.4, 0.5) is 0 Å². The van der Waals surface area contributed by atoms with Gasteiger partial charge in [-0.25, -0.2) is 0 Å². The first-order valence-electron chi connectivity index (χ1n) is 9.85. The second kappa shape index (κ2) is 9.08. The molecule has 0 radical (unpaired) electrons. The number of benzene rings is 1. The summed E-state index contributed by atoms with van der Waals surface area (Å²) in [5.41, 5.74) is 1.31. The number of unbranched alkanes of at least 4 members (excludes halogenated alkanes) is 2. The van der Waals surface area contributed by atoms with E-state index in [2.05, 4.69) is 15.3 Å². The molecule has 3 aromatic rings. The number of rotatable bonds is 8. The van der Waals surface area contributed by atoms with Crippen LogP contribution >= 0.6 is 12.2 Å². The first kappa shape index (κ1) is 20.1. The fourth-order valence-corrected chi connectivity index (χ4v) is 3.64. The molecule has 30 heavy (non-hydrogen) atoms. The van der Waals surface area contributed by atoms with Crippen molar-refractivity contribution in [3.8, 4) is 11.5 Å². The predicted molar refractivity (Wildman–Crippen MR) is 114 cm³/mol. The fourth-order valence-electron chi connectivity index (χ4n) is 3.36. The van der Waals surface area contributed by atoms with Crippen molar-refractivity contribution in [3.63, 3.8) is 0 Å². The standard InChI is InChI=1S/C21H22N4O4S/c26-19(23-12-14-6-3-4-8-22-14)7-2-1-5-9-25-20(27)15-10-17-18(29-13-28-17)11-16(15)24-21(25)30/h3-4,6,8,10-11H,1-2,5,7,9,12-13H2,(H,23,26)(H,24,30). The molecular weight excluding hydrogens is 404 g/mol. The normalized spacial score (nSPS) is 12.3. The van der Waals surface area contributed by atoms with E-state index in [1.54, 1.807) is 22.9 Å². The van der Waals surface area contributed by atoms with Crippen LogP contribution in [0.25, 0.3) is 10.9 Å². The zero-order valence-electron chi connectivity index (χ0n) is 16.3. The van der Waals surface area contributed by atoms with Crippen LogP contribution in [0, 0.1) is 4.77 Å². The van der Waals surface area contributed by atoms with Crippen LogP contribution in [0.3, 0.4) is 0 Å². The molecule has 1 aliphatic rings. The lowest BCUT2D eigenvalue weighted by atomic mass is 10.2. The van der Waals surface area contributed by atoms with Gasteiger partial charge >= 0.3 is 0 Å². The van der Waals surface area contributed by atoms with E-state index in [1.807, 2.05) is 18.2 Å². The van der Waals surface area contributed by atoms with E-state index in [0.717, 1.165) is 25.0 Å². The molecule has 0 saturated carbocycles. The monoisotopic (exact) mass is 426 g/mol. The smallest absolute Gasteiger partial charge is 0.262 e. The van der Waals surface area contributed by atoms with Gasteiger partial charge in [0.1, 0.15) is 0 Å². The Labute approximate surface area is 177 Å². The van der Waals surface area contributed by atoms with Crippen molar-refractivity contribution in [1.82, 2.24) is 19.9 Å². The summed E-state index contributed by atoms with van der Waals surface area (Å²) in [6.45, 7) is 1.07. The van der Waals surface area contributed by atoms with Gasteiger partial charge in [-0.2, -0.15) is 0 Å². The van der Waals surface area contributed by atoms with Crippen molar-refractivity contribution in [2.45, 2.75) is 38.8 Å². The minimum absolute atomic E-state index is 0.00288. The highest BCUT2D eigenvalue weighted by Gasteiger charge is 2.17. The van der Waals surface area contributed by atoms with Gasteiger partial charge in [0.25, 0.3) is 5.56 Å². The number of carbonyl (C=O) groups excluding carboxylic acids is 1. The number of ether oxygens (including phenoxy) is 2. The zero-order valence-corrected chi connectivity index (χ0v) is 17.2. The van der Waals surface area contributed by atoms with Crippen LogP contribution < -0.4 is 20.3 Å². The number of pyridine rings is 1. The van der Waals surface area contributed by atoms with Crippen molar-refractivity contribution >= 4 is 29.0 Å². The van der Waals surface area contributed by atoms with Gasteiger partial charge < -0.3 is 19.8 Å². The Morgan fingerprint density at radius 1 is 1.20 bits per heavy atom. The third kappa shape index (κ3) is 4.51. The summed E-state index contributed by atoms with van der Waals surface area (Å²) in [7, 11) is 0. The average Bonchev–Trinajstić information content (AvgIpc) is 3.21. The van der Waals surface area contributed by atoms with Crippen LogP contribution in [0.2, 0.25) is 0 Å². The van der Waals surface area contributed by atoms with Gasteiger partial charge in [-0.15, -0.1) is 0 Å². The third-order valence-corrected chi connectivity index (χ3v) is 5.28. The van der Waals surface area contributed by atoms with Gasteiger partial charge in [-0.1, -0.05) is 12.5 Å².